The summed E-state index contributed by atoms with van der Waals surface area (Å²) in [5.41, 5.74) is 6.04. The standard InChI is InChI=1S/C17H26N2O3S/c1-12(2)8-9-22-15-6-4-14(5-7-15)13(3)19-17(21)11-23-10-16(18)20/h4-7,12-13H,8-11H2,1-3H3,(H2,18,20)(H,19,21)/t13-/m0/s1. The van der Waals surface area contributed by atoms with Gasteiger partial charge in [0.2, 0.25) is 11.8 Å². The Balaban J connectivity index is 2.39. The number of thioether (sulfide) groups is 1. The lowest BCUT2D eigenvalue weighted by Crippen LogP contribution is -2.28. The van der Waals surface area contributed by atoms with E-state index in [0.29, 0.717) is 12.5 Å². The molecule has 0 aliphatic rings. The van der Waals surface area contributed by atoms with Crippen LogP contribution in [0.3, 0.4) is 0 Å². The fourth-order valence-corrected chi connectivity index (χ4v) is 2.45. The first-order valence-electron chi connectivity index (χ1n) is 7.76. The number of nitrogens with two attached hydrogens (primary N) is 1. The molecule has 0 saturated heterocycles. The lowest BCUT2D eigenvalue weighted by atomic mass is 10.1. The van der Waals surface area contributed by atoms with Crippen LogP contribution in [-0.2, 0) is 9.59 Å². The highest BCUT2D eigenvalue weighted by atomic mass is 32.2. The van der Waals surface area contributed by atoms with Gasteiger partial charge in [-0.2, -0.15) is 0 Å². The Kier molecular flexibility index (Phi) is 8.55. The molecule has 0 unspecified atom stereocenters. The normalized spacial score (nSPS) is 12.0. The second kappa shape index (κ2) is 10.2. The fourth-order valence-electron chi connectivity index (χ4n) is 1.88. The van der Waals surface area contributed by atoms with Gasteiger partial charge in [0.15, 0.2) is 0 Å². The minimum Gasteiger partial charge on any atom is -0.494 e. The van der Waals surface area contributed by atoms with Crippen molar-refractivity contribution in [1.82, 2.24) is 5.32 Å². The highest BCUT2D eigenvalue weighted by molar-refractivity contribution is 8.00. The first-order valence-corrected chi connectivity index (χ1v) is 8.92. The maximum atomic E-state index is 11.8. The van der Waals surface area contributed by atoms with Crippen molar-refractivity contribution in [3.63, 3.8) is 0 Å². The van der Waals surface area contributed by atoms with E-state index in [1.807, 2.05) is 31.2 Å². The van der Waals surface area contributed by atoms with Gasteiger partial charge >= 0.3 is 0 Å². The number of primary amides is 1. The minimum absolute atomic E-state index is 0.0959. The second-order valence-electron chi connectivity index (χ2n) is 5.85. The van der Waals surface area contributed by atoms with Crippen LogP contribution in [0.2, 0.25) is 0 Å². The number of hydrogen-bond acceptors (Lipinski definition) is 4. The molecule has 1 rings (SSSR count). The topological polar surface area (TPSA) is 81.4 Å². The van der Waals surface area contributed by atoms with Crippen molar-refractivity contribution in [3.8, 4) is 5.75 Å². The van der Waals surface area contributed by atoms with Crippen LogP contribution in [0.1, 0.15) is 38.8 Å². The summed E-state index contributed by atoms with van der Waals surface area (Å²) in [6, 6.07) is 7.64. The van der Waals surface area contributed by atoms with Crippen LogP contribution in [0.15, 0.2) is 24.3 Å². The van der Waals surface area contributed by atoms with Crippen LogP contribution in [-0.4, -0.2) is 29.9 Å². The number of nitrogens with one attached hydrogen (secondary N) is 1. The molecule has 0 fully saturated rings. The molecule has 0 saturated carbocycles. The van der Waals surface area contributed by atoms with E-state index in [9.17, 15) is 9.59 Å². The number of hydrogen-bond donors (Lipinski definition) is 2. The van der Waals surface area contributed by atoms with Crippen molar-refractivity contribution in [2.75, 3.05) is 18.1 Å². The third-order valence-electron chi connectivity index (χ3n) is 3.20. The zero-order valence-electron chi connectivity index (χ0n) is 14.0. The summed E-state index contributed by atoms with van der Waals surface area (Å²) in [5.74, 6) is 1.32. The van der Waals surface area contributed by atoms with Crippen LogP contribution in [0.5, 0.6) is 5.75 Å². The van der Waals surface area contributed by atoms with Crippen molar-refractivity contribution < 1.29 is 14.3 Å². The number of carbonyl (C=O) groups excluding carboxylic acids is 2. The van der Waals surface area contributed by atoms with Gasteiger partial charge in [0, 0.05) is 0 Å². The molecule has 2 amide bonds. The molecule has 5 nitrogen and oxygen atoms in total. The summed E-state index contributed by atoms with van der Waals surface area (Å²) in [6.45, 7) is 6.96. The number of rotatable bonds is 10. The molecular formula is C17H26N2O3S. The molecule has 0 aliphatic heterocycles. The Bertz CT molecular complexity index is 503. The Morgan fingerprint density at radius 3 is 2.39 bits per heavy atom. The first-order chi connectivity index (χ1) is 10.9. The van der Waals surface area contributed by atoms with Gasteiger partial charge in [0.05, 0.1) is 24.2 Å². The number of benzene rings is 1. The molecular weight excluding hydrogens is 312 g/mol. The quantitative estimate of drug-likeness (QED) is 0.687. The van der Waals surface area contributed by atoms with Crippen molar-refractivity contribution in [1.29, 1.82) is 0 Å². The summed E-state index contributed by atoms with van der Waals surface area (Å²) < 4.78 is 5.67. The van der Waals surface area contributed by atoms with Crippen LogP contribution in [0.25, 0.3) is 0 Å². The lowest BCUT2D eigenvalue weighted by Gasteiger charge is -2.15. The molecule has 0 heterocycles. The Morgan fingerprint density at radius 1 is 1.17 bits per heavy atom. The van der Waals surface area contributed by atoms with Gasteiger partial charge in [0.25, 0.3) is 0 Å². The smallest absolute Gasteiger partial charge is 0.230 e. The average molecular weight is 338 g/mol. The van der Waals surface area contributed by atoms with Gasteiger partial charge in [-0.25, -0.2) is 0 Å². The van der Waals surface area contributed by atoms with Crippen molar-refractivity contribution in [3.05, 3.63) is 29.8 Å². The lowest BCUT2D eigenvalue weighted by molar-refractivity contribution is -0.119. The molecule has 6 heteroatoms. The summed E-state index contributed by atoms with van der Waals surface area (Å²) in [7, 11) is 0. The molecule has 0 aromatic heterocycles. The Hall–Kier alpha value is -1.69. The molecule has 0 radical (unpaired) electrons. The summed E-state index contributed by atoms with van der Waals surface area (Å²) in [4.78, 5) is 22.4. The third kappa shape index (κ3) is 8.50. The van der Waals surface area contributed by atoms with E-state index in [-0.39, 0.29) is 23.5 Å². The molecule has 3 N–H and O–H groups in total. The summed E-state index contributed by atoms with van der Waals surface area (Å²) >= 11 is 1.21. The molecule has 1 aromatic carbocycles. The van der Waals surface area contributed by atoms with Crippen molar-refractivity contribution >= 4 is 23.6 Å². The molecule has 0 bridgehead atoms. The van der Waals surface area contributed by atoms with E-state index in [0.717, 1.165) is 17.7 Å². The average Bonchev–Trinajstić information content (AvgIpc) is 2.47. The highest BCUT2D eigenvalue weighted by Crippen LogP contribution is 2.18. The second-order valence-corrected chi connectivity index (χ2v) is 6.83. The zero-order valence-corrected chi connectivity index (χ0v) is 14.8. The predicted octanol–water partition coefficient (Wildman–Crippen LogP) is 2.51. The zero-order chi connectivity index (χ0) is 17.2. The largest absolute Gasteiger partial charge is 0.494 e. The van der Waals surface area contributed by atoms with Gasteiger partial charge in [-0.15, -0.1) is 11.8 Å². The molecule has 0 aliphatic carbocycles. The number of carbonyl (C=O) groups is 2. The van der Waals surface area contributed by atoms with Gasteiger partial charge in [0.1, 0.15) is 5.75 Å². The van der Waals surface area contributed by atoms with Crippen molar-refractivity contribution in [2.24, 2.45) is 11.7 Å². The Morgan fingerprint density at radius 2 is 1.83 bits per heavy atom. The SMILES string of the molecule is CC(C)CCOc1ccc([C@H](C)NC(=O)CSCC(N)=O)cc1. The van der Waals surface area contributed by atoms with Gasteiger partial charge < -0.3 is 15.8 Å². The predicted molar refractivity (Wildman–Crippen MR) is 94.5 cm³/mol. The van der Waals surface area contributed by atoms with Gasteiger partial charge in [-0.05, 0) is 37.0 Å². The number of amides is 2. The molecule has 1 aromatic rings. The number of ether oxygens (including phenoxy) is 1. The molecule has 0 spiro atoms. The van der Waals surface area contributed by atoms with Crippen LogP contribution >= 0.6 is 11.8 Å². The summed E-state index contributed by atoms with van der Waals surface area (Å²) in [5, 5.41) is 2.89. The van der Waals surface area contributed by atoms with Crippen LogP contribution in [0.4, 0.5) is 0 Å². The van der Waals surface area contributed by atoms with E-state index in [4.69, 9.17) is 10.5 Å². The Labute approximate surface area is 142 Å². The van der Waals surface area contributed by atoms with E-state index in [2.05, 4.69) is 19.2 Å². The van der Waals surface area contributed by atoms with Crippen LogP contribution < -0.4 is 15.8 Å². The first kappa shape index (κ1) is 19.4. The maximum Gasteiger partial charge on any atom is 0.230 e. The molecule has 23 heavy (non-hydrogen) atoms. The van der Waals surface area contributed by atoms with Gasteiger partial charge in [-0.3, -0.25) is 9.59 Å². The third-order valence-corrected chi connectivity index (χ3v) is 4.15. The van der Waals surface area contributed by atoms with Gasteiger partial charge in [-0.1, -0.05) is 26.0 Å². The molecule has 128 valence electrons. The van der Waals surface area contributed by atoms with E-state index in [1.54, 1.807) is 0 Å². The monoisotopic (exact) mass is 338 g/mol. The minimum atomic E-state index is -0.413. The van der Waals surface area contributed by atoms with E-state index in [1.165, 1.54) is 11.8 Å². The van der Waals surface area contributed by atoms with E-state index >= 15 is 0 Å². The van der Waals surface area contributed by atoms with Crippen LogP contribution in [0, 0.1) is 5.92 Å². The summed E-state index contributed by atoms with van der Waals surface area (Å²) in [6.07, 6.45) is 1.02. The van der Waals surface area contributed by atoms with E-state index < -0.39 is 5.91 Å². The van der Waals surface area contributed by atoms with Crippen molar-refractivity contribution in [2.45, 2.75) is 33.2 Å². The molecule has 1 atom stereocenters. The highest BCUT2D eigenvalue weighted by Gasteiger charge is 2.10. The maximum absolute atomic E-state index is 11.8. The fraction of sp³-hybridized carbons (Fsp3) is 0.529.